The van der Waals surface area contributed by atoms with Crippen LogP contribution >= 0.6 is 11.6 Å². The number of aryl methyl sites for hydroxylation is 1. The average Bonchev–Trinajstić information content (AvgIpc) is 2.62. The lowest BCUT2D eigenvalue weighted by Crippen LogP contribution is -2.20. The second-order valence-corrected chi connectivity index (χ2v) is 6.30. The Bertz CT molecular complexity index is 1100. The molecule has 6 nitrogen and oxygen atoms in total. The van der Waals surface area contributed by atoms with Crippen molar-refractivity contribution in [3.63, 3.8) is 0 Å². The number of fused-ring (bicyclic) bond motifs is 1. The Morgan fingerprint density at radius 1 is 1.26 bits per heavy atom. The van der Waals surface area contributed by atoms with Gasteiger partial charge in [0.05, 0.1) is 17.5 Å². The van der Waals surface area contributed by atoms with Crippen molar-refractivity contribution in [3.8, 4) is 11.8 Å². The number of carbonyl (C=O) groups excluding carboxylic acids is 1. The van der Waals surface area contributed by atoms with Crippen LogP contribution in [0.25, 0.3) is 11.0 Å². The molecule has 0 aliphatic carbocycles. The van der Waals surface area contributed by atoms with E-state index in [2.05, 4.69) is 11.4 Å². The molecule has 3 aromatic rings. The highest BCUT2D eigenvalue weighted by molar-refractivity contribution is 6.32. The van der Waals surface area contributed by atoms with E-state index in [9.17, 15) is 9.59 Å². The molecule has 0 radical (unpaired) electrons. The van der Waals surface area contributed by atoms with Crippen LogP contribution in [0.4, 0.5) is 5.69 Å². The number of hydrogen-bond donors (Lipinski definition) is 1. The molecule has 0 bridgehead atoms. The number of halogens is 1. The van der Waals surface area contributed by atoms with Crippen LogP contribution in [0.3, 0.4) is 0 Å². The van der Waals surface area contributed by atoms with E-state index in [1.807, 2.05) is 0 Å². The van der Waals surface area contributed by atoms with Gasteiger partial charge in [0.2, 0.25) is 0 Å². The summed E-state index contributed by atoms with van der Waals surface area (Å²) in [5, 5.41) is 12.4. The molecule has 136 valence electrons. The van der Waals surface area contributed by atoms with Gasteiger partial charge < -0.3 is 14.5 Å². The summed E-state index contributed by atoms with van der Waals surface area (Å²) in [7, 11) is 0. The van der Waals surface area contributed by atoms with E-state index in [4.69, 9.17) is 26.0 Å². The lowest BCUT2D eigenvalue weighted by atomic mass is 10.1. The molecule has 1 amide bonds. The van der Waals surface area contributed by atoms with Gasteiger partial charge in [-0.25, -0.2) is 4.79 Å². The van der Waals surface area contributed by atoms with Crippen LogP contribution in [0.1, 0.15) is 11.1 Å². The maximum absolute atomic E-state index is 12.1. The molecule has 27 heavy (non-hydrogen) atoms. The van der Waals surface area contributed by atoms with Crippen LogP contribution in [0.5, 0.6) is 5.75 Å². The number of benzene rings is 2. The summed E-state index contributed by atoms with van der Waals surface area (Å²) in [6.45, 7) is 1.52. The molecule has 7 heteroatoms. The predicted molar refractivity (Wildman–Crippen MR) is 102 cm³/mol. The molecule has 0 saturated heterocycles. The van der Waals surface area contributed by atoms with Gasteiger partial charge >= 0.3 is 5.63 Å². The Morgan fingerprint density at radius 3 is 2.70 bits per heavy atom. The smallest absolute Gasteiger partial charge is 0.336 e. The third kappa shape index (κ3) is 4.46. The Hall–Kier alpha value is -3.30. The first kappa shape index (κ1) is 18.5. The molecule has 2 aromatic carbocycles. The second kappa shape index (κ2) is 7.94. The molecule has 0 aliphatic heterocycles. The zero-order valence-corrected chi connectivity index (χ0v) is 15.2. The second-order valence-electron chi connectivity index (χ2n) is 5.90. The number of nitrogens with zero attached hydrogens (tertiary/aromatic N) is 1. The molecule has 0 atom stereocenters. The van der Waals surface area contributed by atoms with Gasteiger partial charge in [0.15, 0.2) is 6.61 Å². The summed E-state index contributed by atoms with van der Waals surface area (Å²) in [4.78, 5) is 23.6. The lowest BCUT2D eigenvalue weighted by Gasteiger charge is -2.10. The number of nitrogens with one attached hydrogen (secondary N) is 1. The molecule has 1 N–H and O–H groups in total. The van der Waals surface area contributed by atoms with E-state index in [-0.39, 0.29) is 18.3 Å². The lowest BCUT2D eigenvalue weighted by molar-refractivity contribution is -0.118. The molecule has 1 heterocycles. The molecular weight excluding hydrogens is 368 g/mol. The first-order chi connectivity index (χ1) is 13.0. The largest absolute Gasteiger partial charge is 0.482 e. The van der Waals surface area contributed by atoms with Gasteiger partial charge in [-0.3, -0.25) is 4.79 Å². The van der Waals surface area contributed by atoms with Crippen LogP contribution in [-0.4, -0.2) is 12.5 Å². The molecule has 0 aliphatic rings. The third-order valence-electron chi connectivity index (χ3n) is 3.88. The van der Waals surface area contributed by atoms with Gasteiger partial charge in [-0.05, 0) is 36.2 Å². The van der Waals surface area contributed by atoms with Crippen molar-refractivity contribution < 1.29 is 13.9 Å². The molecular formula is C20H15ClN2O4. The SMILES string of the molecule is Cc1cc(=O)oc2cc(OCC(=O)Nc3ccc(CC#N)cc3)c(Cl)cc12. The number of anilines is 1. The molecule has 0 spiro atoms. The van der Waals surface area contributed by atoms with Crippen molar-refractivity contribution in [3.05, 3.63) is 69.0 Å². The fourth-order valence-corrected chi connectivity index (χ4v) is 2.79. The van der Waals surface area contributed by atoms with Crippen molar-refractivity contribution in [1.82, 2.24) is 0 Å². The molecule has 0 fully saturated rings. The summed E-state index contributed by atoms with van der Waals surface area (Å²) in [6.07, 6.45) is 0.313. The van der Waals surface area contributed by atoms with Crippen LogP contribution in [-0.2, 0) is 11.2 Å². The minimum Gasteiger partial charge on any atom is -0.482 e. The molecule has 1 aromatic heterocycles. The minimum atomic E-state index is -0.467. The topological polar surface area (TPSA) is 92.3 Å². The van der Waals surface area contributed by atoms with Gasteiger partial charge in [-0.15, -0.1) is 0 Å². The highest BCUT2D eigenvalue weighted by Crippen LogP contribution is 2.31. The fraction of sp³-hybridized carbons (Fsp3) is 0.150. The first-order valence-electron chi connectivity index (χ1n) is 8.09. The van der Waals surface area contributed by atoms with E-state index >= 15 is 0 Å². The van der Waals surface area contributed by atoms with Crippen LogP contribution in [0.15, 0.2) is 51.7 Å². The summed E-state index contributed by atoms with van der Waals surface area (Å²) < 4.78 is 10.6. The number of ether oxygens (including phenoxy) is 1. The number of hydrogen-bond acceptors (Lipinski definition) is 5. The fourth-order valence-electron chi connectivity index (χ4n) is 2.57. The van der Waals surface area contributed by atoms with E-state index in [0.717, 1.165) is 11.1 Å². The standard InChI is InChI=1S/C20H15ClN2O4/c1-12-8-20(25)27-17-10-18(16(21)9-15(12)17)26-11-19(24)23-14-4-2-13(3-5-14)6-7-22/h2-5,8-10H,6,11H2,1H3,(H,23,24). The van der Waals surface area contributed by atoms with Crippen LogP contribution in [0, 0.1) is 18.3 Å². The Kier molecular flexibility index (Phi) is 5.43. The van der Waals surface area contributed by atoms with Gasteiger partial charge in [0, 0.05) is 23.2 Å². The van der Waals surface area contributed by atoms with Crippen LogP contribution in [0.2, 0.25) is 5.02 Å². The van der Waals surface area contributed by atoms with E-state index in [0.29, 0.717) is 28.1 Å². The van der Waals surface area contributed by atoms with Gasteiger partial charge in [-0.2, -0.15) is 5.26 Å². The Balaban J connectivity index is 1.69. The van der Waals surface area contributed by atoms with E-state index in [1.165, 1.54) is 12.1 Å². The van der Waals surface area contributed by atoms with Crippen molar-refractivity contribution in [2.45, 2.75) is 13.3 Å². The molecule has 0 unspecified atom stereocenters. The molecule has 3 rings (SSSR count). The highest BCUT2D eigenvalue weighted by Gasteiger charge is 2.11. The summed E-state index contributed by atoms with van der Waals surface area (Å²) >= 11 is 6.20. The van der Waals surface area contributed by atoms with Crippen LogP contribution < -0.4 is 15.7 Å². The van der Waals surface area contributed by atoms with Gasteiger partial charge in [0.25, 0.3) is 5.91 Å². The highest BCUT2D eigenvalue weighted by atomic mass is 35.5. The summed E-state index contributed by atoms with van der Waals surface area (Å²) in [6, 6.07) is 13.5. The Labute approximate surface area is 159 Å². The maximum atomic E-state index is 12.1. The quantitative estimate of drug-likeness (QED) is 0.677. The van der Waals surface area contributed by atoms with Crippen molar-refractivity contribution in [2.75, 3.05) is 11.9 Å². The Morgan fingerprint density at radius 2 is 2.00 bits per heavy atom. The van der Waals surface area contributed by atoms with Crippen molar-refractivity contribution in [2.24, 2.45) is 0 Å². The predicted octanol–water partition coefficient (Wildman–Crippen LogP) is 3.84. The zero-order valence-electron chi connectivity index (χ0n) is 14.4. The van der Waals surface area contributed by atoms with E-state index in [1.54, 1.807) is 37.3 Å². The summed E-state index contributed by atoms with van der Waals surface area (Å²) in [5.41, 5.74) is 2.08. The number of rotatable bonds is 5. The number of nitriles is 1. The maximum Gasteiger partial charge on any atom is 0.336 e. The van der Waals surface area contributed by atoms with Gasteiger partial charge in [0.1, 0.15) is 11.3 Å². The van der Waals surface area contributed by atoms with Gasteiger partial charge in [-0.1, -0.05) is 23.7 Å². The third-order valence-corrected chi connectivity index (χ3v) is 4.18. The average molecular weight is 383 g/mol. The van der Waals surface area contributed by atoms with E-state index < -0.39 is 5.63 Å². The van der Waals surface area contributed by atoms with Crippen molar-refractivity contribution in [1.29, 1.82) is 5.26 Å². The summed E-state index contributed by atoms with van der Waals surface area (Å²) in [5.74, 6) is -0.123. The molecule has 0 saturated carbocycles. The van der Waals surface area contributed by atoms with Crippen molar-refractivity contribution >= 4 is 34.2 Å². The number of carbonyl (C=O) groups is 1. The first-order valence-corrected chi connectivity index (χ1v) is 8.46. The number of amides is 1. The normalized spacial score (nSPS) is 10.4. The monoisotopic (exact) mass is 382 g/mol. The zero-order chi connectivity index (χ0) is 19.4. The minimum absolute atomic E-state index is 0.248.